The number of nitrogens with one attached hydrogen (secondary N) is 1. The number of hydrogen-bond donors (Lipinski definition) is 1. The van der Waals surface area contributed by atoms with Crippen molar-refractivity contribution in [3.63, 3.8) is 0 Å². The molecule has 0 fully saturated rings. The van der Waals surface area contributed by atoms with E-state index in [1.54, 1.807) is 7.11 Å². The summed E-state index contributed by atoms with van der Waals surface area (Å²) < 4.78 is 7.48. The van der Waals surface area contributed by atoms with Crippen LogP contribution in [0.4, 0.5) is 4.79 Å². The van der Waals surface area contributed by atoms with E-state index in [4.69, 9.17) is 4.74 Å². The highest BCUT2D eigenvalue weighted by Gasteiger charge is 2.30. The Morgan fingerprint density at radius 2 is 2.00 bits per heavy atom. The first-order valence-electron chi connectivity index (χ1n) is 9.64. The number of aromatic nitrogens is 1. The summed E-state index contributed by atoms with van der Waals surface area (Å²) in [4.78, 5) is 15.1. The molecule has 0 aliphatic carbocycles. The van der Waals surface area contributed by atoms with E-state index in [0.717, 1.165) is 34.7 Å². The van der Waals surface area contributed by atoms with Crippen molar-refractivity contribution < 1.29 is 9.53 Å². The maximum absolute atomic E-state index is 13.2. The lowest BCUT2D eigenvalue weighted by Crippen LogP contribution is -2.41. The molecular formula is C23H25N3O2. The van der Waals surface area contributed by atoms with E-state index in [-0.39, 0.29) is 12.1 Å². The van der Waals surface area contributed by atoms with Gasteiger partial charge in [-0.15, -0.1) is 0 Å². The molecule has 1 atom stereocenters. The number of carbonyl (C=O) groups is 1. The van der Waals surface area contributed by atoms with Crippen LogP contribution in [-0.2, 0) is 13.1 Å². The second-order valence-corrected chi connectivity index (χ2v) is 6.99. The van der Waals surface area contributed by atoms with E-state index >= 15 is 0 Å². The summed E-state index contributed by atoms with van der Waals surface area (Å²) in [6.45, 7) is 3.17. The molecule has 1 N–H and O–H groups in total. The average Bonchev–Trinajstić information content (AvgIpc) is 3.17. The summed E-state index contributed by atoms with van der Waals surface area (Å²) in [5.41, 5.74) is 4.44. The number of benzene rings is 2. The van der Waals surface area contributed by atoms with Crippen molar-refractivity contribution in [1.29, 1.82) is 0 Å². The number of urea groups is 1. The lowest BCUT2D eigenvalue weighted by molar-refractivity contribution is 0.167. The van der Waals surface area contributed by atoms with E-state index in [1.807, 2.05) is 47.4 Å². The molecule has 0 spiro atoms. The number of nitrogens with zero attached hydrogens (tertiary/aromatic N) is 2. The van der Waals surface area contributed by atoms with Crippen LogP contribution < -0.4 is 10.1 Å². The third-order valence-electron chi connectivity index (χ3n) is 5.32. The van der Waals surface area contributed by atoms with Gasteiger partial charge in [0.1, 0.15) is 5.75 Å². The first-order chi connectivity index (χ1) is 13.7. The fraction of sp³-hybridized carbons (Fsp3) is 0.261. The zero-order valence-electron chi connectivity index (χ0n) is 16.3. The van der Waals surface area contributed by atoms with Crippen molar-refractivity contribution in [2.45, 2.75) is 32.5 Å². The highest BCUT2D eigenvalue weighted by atomic mass is 16.5. The molecule has 0 saturated carbocycles. The van der Waals surface area contributed by atoms with Crippen LogP contribution in [0.25, 0.3) is 5.69 Å². The Labute approximate surface area is 165 Å². The fourth-order valence-corrected chi connectivity index (χ4v) is 3.92. The van der Waals surface area contributed by atoms with Crippen LogP contribution >= 0.6 is 0 Å². The van der Waals surface area contributed by atoms with Gasteiger partial charge in [0.25, 0.3) is 0 Å². The normalized spacial score (nSPS) is 15.4. The van der Waals surface area contributed by atoms with Crippen LogP contribution in [0.3, 0.4) is 0 Å². The minimum Gasteiger partial charge on any atom is -0.497 e. The van der Waals surface area contributed by atoms with Gasteiger partial charge in [-0.3, -0.25) is 0 Å². The van der Waals surface area contributed by atoms with Gasteiger partial charge in [-0.2, -0.15) is 0 Å². The minimum atomic E-state index is -0.0564. The molecule has 2 aromatic carbocycles. The van der Waals surface area contributed by atoms with Crippen LogP contribution in [0.15, 0.2) is 66.9 Å². The second kappa shape index (κ2) is 7.80. The Morgan fingerprint density at radius 3 is 2.82 bits per heavy atom. The number of ether oxygens (including phenoxy) is 1. The maximum Gasteiger partial charge on any atom is 0.318 e. The molecule has 2 heterocycles. The monoisotopic (exact) mass is 375 g/mol. The second-order valence-electron chi connectivity index (χ2n) is 6.99. The number of amides is 2. The topological polar surface area (TPSA) is 46.5 Å². The molecule has 1 aliphatic rings. The van der Waals surface area contributed by atoms with Gasteiger partial charge in [0.15, 0.2) is 0 Å². The molecule has 144 valence electrons. The van der Waals surface area contributed by atoms with Crippen molar-refractivity contribution >= 4 is 6.03 Å². The number of fused-ring (bicyclic) bond motifs is 3. The van der Waals surface area contributed by atoms with Crippen molar-refractivity contribution in [1.82, 2.24) is 14.8 Å². The fourth-order valence-electron chi connectivity index (χ4n) is 3.92. The van der Waals surface area contributed by atoms with Crippen molar-refractivity contribution in [2.75, 3.05) is 7.11 Å². The number of rotatable bonds is 4. The molecule has 1 aromatic heterocycles. The third kappa shape index (κ3) is 3.36. The summed E-state index contributed by atoms with van der Waals surface area (Å²) in [6.07, 6.45) is 2.93. The van der Waals surface area contributed by atoms with Gasteiger partial charge in [-0.1, -0.05) is 37.3 Å². The molecule has 3 aromatic rings. The van der Waals surface area contributed by atoms with Gasteiger partial charge in [-0.05, 0) is 47.9 Å². The van der Waals surface area contributed by atoms with Crippen LogP contribution in [0, 0.1) is 0 Å². The van der Waals surface area contributed by atoms with Crippen molar-refractivity contribution in [3.05, 3.63) is 83.7 Å². The maximum atomic E-state index is 13.2. The molecular weight excluding hydrogens is 350 g/mol. The summed E-state index contributed by atoms with van der Waals surface area (Å²) in [6, 6.07) is 20.2. The summed E-state index contributed by atoms with van der Waals surface area (Å²) in [7, 11) is 1.65. The van der Waals surface area contributed by atoms with Gasteiger partial charge in [0.2, 0.25) is 0 Å². The third-order valence-corrected chi connectivity index (χ3v) is 5.32. The molecule has 0 saturated heterocycles. The Kier molecular flexibility index (Phi) is 5.06. The lowest BCUT2D eigenvalue weighted by Gasteiger charge is -2.29. The van der Waals surface area contributed by atoms with Gasteiger partial charge < -0.3 is 19.5 Å². The standard InChI is InChI=1S/C23H25N3O2/c1-3-20-22-12-7-13-25(22)21-11-5-4-9-18(21)16-26(20)23(27)24-15-17-8-6-10-19(14-17)28-2/h4-14,20H,3,15-16H2,1-2H3,(H,24,27)/t20-/m0/s1. The highest BCUT2D eigenvalue weighted by molar-refractivity contribution is 5.75. The van der Waals surface area contributed by atoms with Crippen LogP contribution in [0.2, 0.25) is 0 Å². The Bertz CT molecular complexity index is 979. The molecule has 0 unspecified atom stereocenters. The van der Waals surface area contributed by atoms with Gasteiger partial charge in [0.05, 0.1) is 25.4 Å². The predicted octanol–water partition coefficient (Wildman–Crippen LogP) is 4.66. The largest absolute Gasteiger partial charge is 0.497 e. The van der Waals surface area contributed by atoms with Crippen LogP contribution in [0.1, 0.15) is 36.2 Å². The molecule has 2 amide bonds. The molecule has 5 heteroatoms. The van der Waals surface area contributed by atoms with Gasteiger partial charge in [0, 0.05) is 18.4 Å². The minimum absolute atomic E-state index is 0.0210. The lowest BCUT2D eigenvalue weighted by atomic mass is 10.1. The Hall–Kier alpha value is -3.21. The summed E-state index contributed by atoms with van der Waals surface area (Å²) >= 11 is 0. The quantitative estimate of drug-likeness (QED) is 0.721. The highest BCUT2D eigenvalue weighted by Crippen LogP contribution is 2.34. The van der Waals surface area contributed by atoms with Crippen LogP contribution in [-0.4, -0.2) is 22.6 Å². The van der Waals surface area contributed by atoms with Gasteiger partial charge >= 0.3 is 6.03 Å². The molecule has 0 bridgehead atoms. The van der Waals surface area contributed by atoms with E-state index < -0.39 is 0 Å². The molecule has 28 heavy (non-hydrogen) atoms. The first-order valence-corrected chi connectivity index (χ1v) is 9.64. The van der Waals surface area contributed by atoms with Gasteiger partial charge in [-0.25, -0.2) is 4.79 Å². The molecule has 5 nitrogen and oxygen atoms in total. The zero-order chi connectivity index (χ0) is 19.5. The zero-order valence-corrected chi connectivity index (χ0v) is 16.3. The van der Waals surface area contributed by atoms with E-state index in [9.17, 15) is 4.79 Å². The smallest absolute Gasteiger partial charge is 0.318 e. The molecule has 1 aliphatic heterocycles. The number of carbonyl (C=O) groups excluding carboxylic acids is 1. The molecule has 4 rings (SSSR count). The van der Waals surface area contributed by atoms with E-state index in [2.05, 4.69) is 41.2 Å². The Balaban J connectivity index is 1.60. The van der Waals surface area contributed by atoms with Crippen molar-refractivity contribution in [3.8, 4) is 11.4 Å². The number of hydrogen-bond acceptors (Lipinski definition) is 2. The SMILES string of the molecule is CC[C@H]1c2cccn2-c2ccccc2CN1C(=O)NCc1cccc(OC)c1. The predicted molar refractivity (Wildman–Crippen MR) is 110 cm³/mol. The Morgan fingerprint density at radius 1 is 1.14 bits per heavy atom. The average molecular weight is 375 g/mol. The summed E-state index contributed by atoms with van der Waals surface area (Å²) in [5, 5.41) is 3.09. The van der Waals surface area contributed by atoms with Crippen molar-refractivity contribution in [2.24, 2.45) is 0 Å². The summed E-state index contributed by atoms with van der Waals surface area (Å²) in [5.74, 6) is 0.791. The van der Waals surface area contributed by atoms with E-state index in [0.29, 0.717) is 13.1 Å². The number of para-hydroxylation sites is 1. The van der Waals surface area contributed by atoms with Crippen LogP contribution in [0.5, 0.6) is 5.75 Å². The molecule has 0 radical (unpaired) electrons. The first kappa shape index (κ1) is 18.2. The number of methoxy groups -OCH3 is 1. The van der Waals surface area contributed by atoms with E-state index in [1.165, 1.54) is 0 Å².